The Morgan fingerprint density at radius 1 is 1.35 bits per heavy atom. The normalized spacial score (nSPS) is 22.9. The molecule has 0 saturated carbocycles. The first-order valence-corrected chi connectivity index (χ1v) is 10.7. The van der Waals surface area contributed by atoms with Crippen LogP contribution in [-0.2, 0) is 13.9 Å². The van der Waals surface area contributed by atoms with Crippen molar-refractivity contribution in [2.24, 2.45) is 0 Å². The summed E-state index contributed by atoms with van der Waals surface area (Å²) >= 11 is 0. The zero-order chi connectivity index (χ0) is 19.0. The lowest BCUT2D eigenvalue weighted by Gasteiger charge is -2.37. The molecule has 7 nitrogen and oxygen atoms in total. The zero-order valence-electron chi connectivity index (χ0n) is 15.5. The van der Waals surface area contributed by atoms with Crippen LogP contribution in [0.15, 0.2) is 24.3 Å². The summed E-state index contributed by atoms with van der Waals surface area (Å²) in [6.07, 6.45) is 4.80. The molecule has 0 aromatic heterocycles. The molecule has 1 fully saturated rings. The van der Waals surface area contributed by atoms with Crippen LogP contribution < -0.4 is 15.5 Å². The summed E-state index contributed by atoms with van der Waals surface area (Å²) in [5.41, 5.74) is 1.74. The summed E-state index contributed by atoms with van der Waals surface area (Å²) in [4.78, 5) is 12.3. The number of methoxy groups -OCH3 is 1. The minimum Gasteiger partial charge on any atom is -0.497 e. The number of unbranched alkanes of at least 4 members (excludes halogenated alkanes) is 1. The van der Waals surface area contributed by atoms with Gasteiger partial charge in [-0.3, -0.25) is 14.6 Å². The molecule has 2 N–H and O–H groups in total. The van der Waals surface area contributed by atoms with Crippen molar-refractivity contribution < 1.29 is 23.8 Å². The van der Waals surface area contributed by atoms with E-state index >= 15 is 0 Å². The van der Waals surface area contributed by atoms with Gasteiger partial charge in [0.25, 0.3) is 5.91 Å². The Morgan fingerprint density at radius 2 is 2.08 bits per heavy atom. The molecular formula is C18H29N2O5P. The summed E-state index contributed by atoms with van der Waals surface area (Å²) in [7, 11) is -1.86. The van der Waals surface area contributed by atoms with Crippen LogP contribution in [0.4, 0.5) is 0 Å². The number of nitrogens with one attached hydrogen (secondary N) is 1. The molecule has 2 rings (SSSR count). The standard InChI is InChI=1S/C18H29N2O5P/c1-3-4-8-17(18(21)19-22)20-13-6-5-7-14-25-26(20,23)16-11-9-15(24-2)10-12-16/h9-12,17,22H,3-8,13-14H2,1-2H3,(H,19,21). The highest BCUT2D eigenvalue weighted by Gasteiger charge is 2.41. The van der Waals surface area contributed by atoms with Crippen LogP contribution >= 0.6 is 7.52 Å². The highest BCUT2D eigenvalue weighted by Crippen LogP contribution is 2.52. The number of amides is 1. The van der Waals surface area contributed by atoms with Gasteiger partial charge in [0, 0.05) is 6.54 Å². The van der Waals surface area contributed by atoms with Gasteiger partial charge in [0.15, 0.2) is 0 Å². The van der Waals surface area contributed by atoms with Crippen molar-refractivity contribution in [1.82, 2.24) is 10.2 Å². The maximum absolute atomic E-state index is 14.0. The van der Waals surface area contributed by atoms with Crippen LogP contribution in [0.3, 0.4) is 0 Å². The molecule has 1 amide bonds. The van der Waals surface area contributed by atoms with Gasteiger partial charge in [-0.15, -0.1) is 0 Å². The molecule has 1 aromatic rings. The zero-order valence-corrected chi connectivity index (χ0v) is 16.4. The van der Waals surface area contributed by atoms with Crippen molar-refractivity contribution in [3.63, 3.8) is 0 Å². The van der Waals surface area contributed by atoms with Crippen molar-refractivity contribution in [3.05, 3.63) is 24.3 Å². The molecule has 146 valence electrons. The fourth-order valence-corrected chi connectivity index (χ4v) is 5.66. The number of carbonyl (C=O) groups excluding carboxylic acids is 1. The molecule has 0 spiro atoms. The summed E-state index contributed by atoms with van der Waals surface area (Å²) in [6, 6.07) is 6.22. The quantitative estimate of drug-likeness (QED) is 0.427. The van der Waals surface area contributed by atoms with Crippen LogP contribution in [-0.4, -0.2) is 42.1 Å². The Kier molecular flexibility index (Phi) is 8.10. The van der Waals surface area contributed by atoms with E-state index in [4.69, 9.17) is 9.26 Å². The highest BCUT2D eigenvalue weighted by atomic mass is 31.2. The molecule has 8 heteroatoms. The fourth-order valence-electron chi connectivity index (χ4n) is 3.17. The van der Waals surface area contributed by atoms with Gasteiger partial charge in [0.05, 0.1) is 25.1 Å². The lowest BCUT2D eigenvalue weighted by molar-refractivity contribution is -0.133. The van der Waals surface area contributed by atoms with Crippen LogP contribution in [0.25, 0.3) is 0 Å². The van der Waals surface area contributed by atoms with Gasteiger partial charge in [-0.05, 0) is 49.9 Å². The molecule has 2 unspecified atom stereocenters. The third-order valence-electron chi connectivity index (χ3n) is 4.64. The number of hydrogen-bond acceptors (Lipinski definition) is 5. The molecule has 1 aromatic carbocycles. The first-order valence-electron chi connectivity index (χ1n) is 9.17. The number of carbonyl (C=O) groups is 1. The van der Waals surface area contributed by atoms with Crippen molar-refractivity contribution in [3.8, 4) is 5.75 Å². The number of rotatable bonds is 7. The van der Waals surface area contributed by atoms with Crippen molar-refractivity contribution in [2.45, 2.75) is 51.5 Å². The third-order valence-corrected chi connectivity index (χ3v) is 7.28. The Hall–Kier alpha value is -1.40. The first kappa shape index (κ1) is 20.9. The van der Waals surface area contributed by atoms with E-state index < -0.39 is 19.5 Å². The molecule has 26 heavy (non-hydrogen) atoms. The molecule has 0 bridgehead atoms. The summed E-state index contributed by atoms with van der Waals surface area (Å²) in [5.74, 6) is 0.117. The minimum atomic E-state index is -3.44. The van der Waals surface area contributed by atoms with Gasteiger partial charge >= 0.3 is 7.52 Å². The van der Waals surface area contributed by atoms with Crippen LogP contribution in [0.5, 0.6) is 5.75 Å². The molecule has 0 aliphatic carbocycles. The number of hydrogen-bond donors (Lipinski definition) is 2. The second-order valence-electron chi connectivity index (χ2n) is 6.41. The van der Waals surface area contributed by atoms with Crippen molar-refractivity contribution in [2.75, 3.05) is 20.3 Å². The van der Waals surface area contributed by atoms with Crippen LogP contribution in [0, 0.1) is 0 Å². The Bertz CT molecular complexity index is 623. The Balaban J connectivity index is 2.43. The maximum Gasteiger partial charge on any atom is 0.303 e. The summed E-state index contributed by atoms with van der Waals surface area (Å²) in [6.45, 7) is 2.88. The van der Waals surface area contributed by atoms with E-state index in [0.717, 1.165) is 32.1 Å². The third kappa shape index (κ3) is 4.86. The predicted octanol–water partition coefficient (Wildman–Crippen LogP) is 3.08. The number of hydroxylamine groups is 1. The average molecular weight is 384 g/mol. The topological polar surface area (TPSA) is 88.1 Å². The van der Waals surface area contributed by atoms with Crippen molar-refractivity contribution >= 4 is 18.7 Å². The predicted molar refractivity (Wildman–Crippen MR) is 100.0 cm³/mol. The molecule has 2 atom stereocenters. The monoisotopic (exact) mass is 384 g/mol. The number of ether oxygens (including phenoxy) is 1. The molecule has 1 aliphatic heterocycles. The molecule has 0 radical (unpaired) electrons. The van der Waals surface area contributed by atoms with Gasteiger partial charge < -0.3 is 9.26 Å². The lowest BCUT2D eigenvalue weighted by atomic mass is 10.1. The van der Waals surface area contributed by atoms with Crippen molar-refractivity contribution in [1.29, 1.82) is 0 Å². The van der Waals surface area contributed by atoms with E-state index in [1.165, 1.54) is 0 Å². The number of benzene rings is 1. The minimum absolute atomic E-state index is 0.376. The first-order chi connectivity index (χ1) is 12.6. The molecule has 1 saturated heterocycles. The van der Waals surface area contributed by atoms with Gasteiger partial charge in [0.1, 0.15) is 5.75 Å². The summed E-state index contributed by atoms with van der Waals surface area (Å²) < 4.78 is 26.7. The Morgan fingerprint density at radius 3 is 2.69 bits per heavy atom. The van der Waals surface area contributed by atoms with Gasteiger partial charge in [0.2, 0.25) is 0 Å². The van der Waals surface area contributed by atoms with E-state index in [1.807, 2.05) is 6.92 Å². The van der Waals surface area contributed by atoms with Gasteiger partial charge in [-0.2, -0.15) is 0 Å². The fraction of sp³-hybridized carbons (Fsp3) is 0.611. The molecule has 1 aliphatic rings. The second-order valence-corrected chi connectivity index (χ2v) is 8.74. The van der Waals surface area contributed by atoms with E-state index in [1.54, 1.807) is 41.5 Å². The van der Waals surface area contributed by atoms with Gasteiger partial charge in [-0.1, -0.05) is 19.8 Å². The summed E-state index contributed by atoms with van der Waals surface area (Å²) in [5, 5.41) is 9.73. The second kappa shape index (κ2) is 10.1. The maximum atomic E-state index is 14.0. The Labute approximate surface area is 155 Å². The van der Waals surface area contributed by atoms with Crippen LogP contribution in [0.1, 0.15) is 45.4 Å². The van der Waals surface area contributed by atoms with E-state index in [-0.39, 0.29) is 0 Å². The van der Waals surface area contributed by atoms with E-state index in [9.17, 15) is 14.6 Å². The van der Waals surface area contributed by atoms with Gasteiger partial charge in [-0.25, -0.2) is 10.2 Å². The molecular weight excluding hydrogens is 355 g/mol. The van der Waals surface area contributed by atoms with Crippen LogP contribution in [0.2, 0.25) is 0 Å². The van der Waals surface area contributed by atoms with E-state index in [2.05, 4.69) is 0 Å². The van der Waals surface area contributed by atoms with E-state index in [0.29, 0.717) is 30.6 Å². The largest absolute Gasteiger partial charge is 0.497 e. The number of nitrogens with zero attached hydrogens (tertiary/aromatic N) is 1. The highest BCUT2D eigenvalue weighted by molar-refractivity contribution is 7.64. The smallest absolute Gasteiger partial charge is 0.303 e. The molecule has 1 heterocycles. The average Bonchev–Trinajstić information content (AvgIpc) is 2.66. The SMILES string of the molecule is CCCCC(C(=O)NO)N1CCCCCOP1(=O)c1ccc(OC)cc1. The lowest BCUT2D eigenvalue weighted by Crippen LogP contribution is -2.47.